The summed E-state index contributed by atoms with van der Waals surface area (Å²) in [6.07, 6.45) is 5.45. The quantitative estimate of drug-likeness (QED) is 0.410. The van der Waals surface area contributed by atoms with Gasteiger partial charge in [-0.15, -0.1) is 0 Å². The summed E-state index contributed by atoms with van der Waals surface area (Å²) in [5.74, 6) is 0.165. The van der Waals surface area contributed by atoms with Gasteiger partial charge in [-0.2, -0.15) is 12.6 Å². The third-order valence-corrected chi connectivity index (χ3v) is 6.95. The van der Waals surface area contributed by atoms with Crippen LogP contribution in [-0.4, -0.2) is 20.2 Å². The van der Waals surface area contributed by atoms with Crippen molar-refractivity contribution in [3.63, 3.8) is 0 Å². The number of nitrogens with one attached hydrogen (secondary N) is 2. The number of phenolic OH excluding ortho intramolecular Hbond substituents is 2. The minimum absolute atomic E-state index is 0.0482. The third kappa shape index (κ3) is 2.89. The fourth-order valence-electron chi connectivity index (χ4n) is 4.97. The molecular formula is C24H27N3O2S. The first kappa shape index (κ1) is 19.4. The first-order valence-electron chi connectivity index (χ1n) is 10.6. The molecule has 0 saturated carbocycles. The van der Waals surface area contributed by atoms with Crippen LogP contribution in [0.5, 0.6) is 11.5 Å². The molecule has 0 spiro atoms. The lowest BCUT2D eigenvalue weighted by atomic mass is 9.93. The van der Waals surface area contributed by atoms with Crippen molar-refractivity contribution < 1.29 is 10.2 Å². The number of thiol groups is 1. The lowest BCUT2D eigenvalue weighted by molar-refractivity contribution is 0.445. The molecule has 4 N–H and O–H groups in total. The lowest BCUT2D eigenvalue weighted by Crippen LogP contribution is -2.28. The van der Waals surface area contributed by atoms with Crippen molar-refractivity contribution in [2.45, 2.75) is 44.4 Å². The fraction of sp³-hybridized carbons (Fsp3) is 0.333. The van der Waals surface area contributed by atoms with Crippen LogP contribution in [0.4, 0.5) is 0 Å². The van der Waals surface area contributed by atoms with Gasteiger partial charge < -0.3 is 20.2 Å². The van der Waals surface area contributed by atoms with Gasteiger partial charge in [-0.3, -0.25) is 0 Å². The van der Waals surface area contributed by atoms with Crippen molar-refractivity contribution in [2.24, 2.45) is 7.05 Å². The number of hydrogen-bond acceptors (Lipinski definition) is 5. The predicted molar refractivity (Wildman–Crippen MR) is 125 cm³/mol. The first-order valence-corrected chi connectivity index (χ1v) is 11.1. The number of phenols is 2. The van der Waals surface area contributed by atoms with E-state index < -0.39 is 0 Å². The van der Waals surface area contributed by atoms with Crippen molar-refractivity contribution in [1.29, 1.82) is 0 Å². The van der Waals surface area contributed by atoms with Crippen LogP contribution in [0.3, 0.4) is 0 Å². The van der Waals surface area contributed by atoms with E-state index in [0.717, 1.165) is 35.2 Å². The van der Waals surface area contributed by atoms with Gasteiger partial charge in [-0.1, -0.05) is 13.0 Å². The van der Waals surface area contributed by atoms with Crippen LogP contribution in [-0.2, 0) is 26.3 Å². The fourth-order valence-corrected chi connectivity index (χ4v) is 5.31. The SMILES string of the molecule is CCc1cc(C2=C(c3ccc4c(c3)c3c(n4C)CCCC3)C(S)NN2)c(O)cc1O. The molecule has 2 aromatic carbocycles. The van der Waals surface area contributed by atoms with Crippen LogP contribution in [0.1, 0.15) is 47.7 Å². The first-order chi connectivity index (χ1) is 14.5. The minimum Gasteiger partial charge on any atom is -0.508 e. The molecule has 156 valence electrons. The van der Waals surface area contributed by atoms with E-state index in [1.807, 2.05) is 13.0 Å². The molecule has 2 heterocycles. The van der Waals surface area contributed by atoms with Crippen molar-refractivity contribution in [3.05, 3.63) is 58.3 Å². The maximum absolute atomic E-state index is 10.6. The van der Waals surface area contributed by atoms with Crippen molar-refractivity contribution in [2.75, 3.05) is 0 Å². The second-order valence-electron chi connectivity index (χ2n) is 8.24. The number of benzene rings is 2. The van der Waals surface area contributed by atoms with Gasteiger partial charge in [0.15, 0.2) is 0 Å². The molecule has 6 heteroatoms. The molecule has 0 fully saturated rings. The second kappa shape index (κ2) is 7.29. The van der Waals surface area contributed by atoms with Gasteiger partial charge in [0.1, 0.15) is 11.5 Å². The summed E-state index contributed by atoms with van der Waals surface area (Å²) in [5, 5.41) is 21.8. The van der Waals surface area contributed by atoms with Gasteiger partial charge in [0.05, 0.1) is 11.1 Å². The summed E-state index contributed by atoms with van der Waals surface area (Å²) < 4.78 is 2.34. The number of nitrogens with zero attached hydrogens (tertiary/aromatic N) is 1. The number of hydrazine groups is 1. The Morgan fingerprint density at radius 1 is 1.10 bits per heavy atom. The molecule has 0 saturated heterocycles. The Hall–Kier alpha value is -2.57. The average molecular weight is 422 g/mol. The number of hydrogen-bond donors (Lipinski definition) is 5. The van der Waals surface area contributed by atoms with E-state index in [1.165, 1.54) is 41.1 Å². The Bertz CT molecular complexity index is 1200. The summed E-state index contributed by atoms with van der Waals surface area (Å²) in [6, 6.07) is 9.87. The topological polar surface area (TPSA) is 69.5 Å². The normalized spacial score (nSPS) is 18.7. The molecular weight excluding hydrogens is 394 g/mol. The Balaban J connectivity index is 1.71. The number of rotatable bonds is 3. The standard InChI is InChI=1S/C24H27N3O2S/c1-3-13-10-17(21(29)12-20(13)28)23-22(24(30)26-25-23)14-8-9-19-16(11-14)15-6-4-5-7-18(15)27(19)2/h8-12,24-26,28-30H,3-7H2,1-2H3. The maximum atomic E-state index is 10.6. The van der Waals surface area contributed by atoms with Gasteiger partial charge in [0.2, 0.25) is 0 Å². The average Bonchev–Trinajstić information content (AvgIpc) is 3.26. The Kier molecular flexibility index (Phi) is 4.71. The molecule has 1 aliphatic heterocycles. The van der Waals surface area contributed by atoms with Crippen LogP contribution in [0.15, 0.2) is 30.3 Å². The zero-order valence-electron chi connectivity index (χ0n) is 17.3. The highest BCUT2D eigenvalue weighted by atomic mass is 32.1. The van der Waals surface area contributed by atoms with Crippen LogP contribution in [0, 0.1) is 0 Å². The molecule has 5 rings (SSSR count). The van der Waals surface area contributed by atoms with E-state index in [-0.39, 0.29) is 16.9 Å². The molecule has 1 atom stereocenters. The second-order valence-corrected chi connectivity index (χ2v) is 8.75. The van der Waals surface area contributed by atoms with Gasteiger partial charge in [0, 0.05) is 40.8 Å². The number of aromatic hydroxyl groups is 2. The van der Waals surface area contributed by atoms with Crippen LogP contribution in [0.25, 0.3) is 22.2 Å². The van der Waals surface area contributed by atoms with E-state index in [2.05, 4.69) is 40.7 Å². The van der Waals surface area contributed by atoms with Crippen molar-refractivity contribution >= 4 is 34.8 Å². The van der Waals surface area contributed by atoms with E-state index in [4.69, 9.17) is 12.6 Å². The highest BCUT2D eigenvalue weighted by Crippen LogP contribution is 2.40. The molecule has 0 amide bonds. The van der Waals surface area contributed by atoms with Crippen molar-refractivity contribution in [3.8, 4) is 11.5 Å². The lowest BCUT2D eigenvalue weighted by Gasteiger charge is -2.14. The Morgan fingerprint density at radius 2 is 1.90 bits per heavy atom. The maximum Gasteiger partial charge on any atom is 0.128 e. The Morgan fingerprint density at radius 3 is 2.70 bits per heavy atom. The molecule has 2 aliphatic rings. The summed E-state index contributed by atoms with van der Waals surface area (Å²) in [5.41, 5.74) is 14.9. The summed E-state index contributed by atoms with van der Waals surface area (Å²) in [4.78, 5) is 0. The summed E-state index contributed by atoms with van der Waals surface area (Å²) in [7, 11) is 2.16. The van der Waals surface area contributed by atoms with Gasteiger partial charge >= 0.3 is 0 Å². The van der Waals surface area contributed by atoms with Crippen LogP contribution in [0.2, 0.25) is 0 Å². The van der Waals surface area contributed by atoms with E-state index in [9.17, 15) is 10.2 Å². The van der Waals surface area contributed by atoms with E-state index in [1.54, 1.807) is 0 Å². The zero-order valence-corrected chi connectivity index (χ0v) is 18.2. The molecule has 1 aromatic heterocycles. The summed E-state index contributed by atoms with van der Waals surface area (Å²) in [6.45, 7) is 1.99. The monoisotopic (exact) mass is 421 g/mol. The number of aryl methyl sites for hydroxylation is 3. The smallest absolute Gasteiger partial charge is 0.128 e. The molecule has 1 aliphatic carbocycles. The molecule has 1 unspecified atom stereocenters. The minimum atomic E-state index is -0.213. The molecule has 30 heavy (non-hydrogen) atoms. The number of fused-ring (bicyclic) bond motifs is 3. The third-order valence-electron chi connectivity index (χ3n) is 6.56. The van der Waals surface area contributed by atoms with Gasteiger partial charge in [0.25, 0.3) is 0 Å². The predicted octanol–water partition coefficient (Wildman–Crippen LogP) is 4.26. The summed E-state index contributed by atoms with van der Waals surface area (Å²) >= 11 is 4.74. The van der Waals surface area contributed by atoms with E-state index >= 15 is 0 Å². The van der Waals surface area contributed by atoms with Crippen LogP contribution < -0.4 is 10.9 Å². The molecule has 5 nitrogen and oxygen atoms in total. The zero-order chi connectivity index (χ0) is 21.0. The Labute approximate surface area is 181 Å². The molecule has 0 radical (unpaired) electrons. The highest BCUT2D eigenvalue weighted by Gasteiger charge is 2.28. The molecule has 3 aromatic rings. The van der Waals surface area contributed by atoms with Gasteiger partial charge in [-0.05, 0) is 67.0 Å². The molecule has 0 bridgehead atoms. The van der Waals surface area contributed by atoms with Gasteiger partial charge in [-0.25, -0.2) is 5.43 Å². The van der Waals surface area contributed by atoms with Crippen molar-refractivity contribution in [1.82, 2.24) is 15.4 Å². The largest absolute Gasteiger partial charge is 0.508 e. The van der Waals surface area contributed by atoms with E-state index in [0.29, 0.717) is 12.0 Å². The highest BCUT2D eigenvalue weighted by molar-refractivity contribution is 7.81. The number of aromatic nitrogens is 1. The van der Waals surface area contributed by atoms with Crippen LogP contribution >= 0.6 is 12.6 Å².